The minimum Gasteiger partial charge on any atom is -0.494 e. The van der Waals surface area contributed by atoms with Gasteiger partial charge in [0.25, 0.3) is 5.91 Å². The molecule has 0 saturated carbocycles. The summed E-state index contributed by atoms with van der Waals surface area (Å²) in [4.78, 5) is 23.7. The molecule has 0 saturated heterocycles. The van der Waals surface area contributed by atoms with Crippen molar-refractivity contribution < 1.29 is 27.5 Å². The van der Waals surface area contributed by atoms with Gasteiger partial charge >= 0.3 is 5.97 Å². The number of carbonyl (C=O) groups is 2. The van der Waals surface area contributed by atoms with Gasteiger partial charge in [0.1, 0.15) is 5.75 Å². The number of carbonyl (C=O) groups excluding carboxylic acids is 2. The Morgan fingerprint density at radius 3 is 2.28 bits per heavy atom. The third-order valence-corrected chi connectivity index (χ3v) is 5.24. The maximum Gasteiger partial charge on any atom is 0.307 e. The van der Waals surface area contributed by atoms with Crippen molar-refractivity contribution in [3.63, 3.8) is 0 Å². The largest absolute Gasteiger partial charge is 0.494 e. The average molecular weight is 420 g/mol. The third-order valence-electron chi connectivity index (χ3n) is 3.77. The van der Waals surface area contributed by atoms with E-state index in [-0.39, 0.29) is 17.9 Å². The monoisotopic (exact) mass is 420 g/mol. The molecule has 2 aromatic carbocycles. The Morgan fingerprint density at radius 2 is 1.66 bits per heavy atom. The molecule has 2 rings (SSSR count). The lowest BCUT2D eigenvalue weighted by atomic mass is 10.2. The Morgan fingerprint density at radius 1 is 1.00 bits per heavy atom. The first-order valence-electron chi connectivity index (χ1n) is 9.05. The van der Waals surface area contributed by atoms with Gasteiger partial charge in [0.05, 0.1) is 17.9 Å². The van der Waals surface area contributed by atoms with Gasteiger partial charge in [0, 0.05) is 12.2 Å². The Labute approximate surface area is 170 Å². The van der Waals surface area contributed by atoms with Gasteiger partial charge in [-0.05, 0) is 50.2 Å². The van der Waals surface area contributed by atoms with Crippen LogP contribution in [0.2, 0.25) is 0 Å². The molecule has 0 heterocycles. The van der Waals surface area contributed by atoms with E-state index < -0.39 is 28.5 Å². The van der Waals surface area contributed by atoms with Crippen LogP contribution in [0.25, 0.3) is 0 Å². The predicted molar refractivity (Wildman–Crippen MR) is 108 cm³/mol. The number of amides is 1. The molecule has 9 heteroatoms. The molecule has 2 N–H and O–H groups in total. The highest BCUT2D eigenvalue weighted by Gasteiger charge is 2.14. The van der Waals surface area contributed by atoms with Crippen molar-refractivity contribution in [1.82, 2.24) is 4.72 Å². The van der Waals surface area contributed by atoms with E-state index in [4.69, 9.17) is 9.47 Å². The minimum atomic E-state index is -3.70. The quantitative estimate of drug-likeness (QED) is 0.571. The second kappa shape index (κ2) is 10.6. The second-order valence-corrected chi connectivity index (χ2v) is 7.89. The van der Waals surface area contributed by atoms with E-state index in [1.54, 1.807) is 36.4 Å². The number of esters is 1. The van der Waals surface area contributed by atoms with E-state index >= 15 is 0 Å². The lowest BCUT2D eigenvalue weighted by Gasteiger charge is -2.09. The number of aryl methyl sites for hydroxylation is 1. The first-order valence-corrected chi connectivity index (χ1v) is 10.5. The Hall–Kier alpha value is -2.91. The number of anilines is 1. The van der Waals surface area contributed by atoms with Crippen LogP contribution in [0, 0.1) is 6.92 Å². The van der Waals surface area contributed by atoms with E-state index in [2.05, 4.69) is 10.0 Å². The topological polar surface area (TPSA) is 111 Å². The lowest BCUT2D eigenvalue weighted by Crippen LogP contribution is -2.28. The van der Waals surface area contributed by atoms with Gasteiger partial charge in [-0.2, -0.15) is 0 Å². The van der Waals surface area contributed by atoms with Crippen LogP contribution in [0.3, 0.4) is 0 Å². The number of sulfonamides is 1. The van der Waals surface area contributed by atoms with Gasteiger partial charge < -0.3 is 14.8 Å². The lowest BCUT2D eigenvalue weighted by molar-refractivity contribution is -0.147. The third kappa shape index (κ3) is 7.55. The highest BCUT2D eigenvalue weighted by molar-refractivity contribution is 7.89. The van der Waals surface area contributed by atoms with E-state index in [1.807, 2.05) is 13.8 Å². The van der Waals surface area contributed by atoms with Crippen LogP contribution in [0.4, 0.5) is 5.69 Å². The summed E-state index contributed by atoms with van der Waals surface area (Å²) in [6, 6.07) is 13.1. The fourth-order valence-corrected chi connectivity index (χ4v) is 3.34. The average Bonchev–Trinajstić information content (AvgIpc) is 2.68. The Bertz CT molecular complexity index is 924. The van der Waals surface area contributed by atoms with E-state index in [0.717, 1.165) is 5.56 Å². The Balaban J connectivity index is 1.71. The van der Waals surface area contributed by atoms with Gasteiger partial charge in [-0.25, -0.2) is 13.1 Å². The molecule has 0 aliphatic carbocycles. The molecule has 1 amide bonds. The number of hydrogen-bond acceptors (Lipinski definition) is 6. The highest BCUT2D eigenvalue weighted by atomic mass is 32.2. The summed E-state index contributed by atoms with van der Waals surface area (Å²) >= 11 is 0. The summed E-state index contributed by atoms with van der Waals surface area (Å²) in [7, 11) is -3.70. The van der Waals surface area contributed by atoms with Crippen molar-refractivity contribution in [3.05, 3.63) is 54.1 Å². The zero-order chi connectivity index (χ0) is 21.3. The molecule has 0 aromatic heterocycles. The van der Waals surface area contributed by atoms with Crippen LogP contribution in [0.15, 0.2) is 53.4 Å². The number of rotatable bonds is 10. The smallest absolute Gasteiger partial charge is 0.307 e. The fourth-order valence-electron chi connectivity index (χ4n) is 2.30. The summed E-state index contributed by atoms with van der Waals surface area (Å²) in [5, 5.41) is 2.59. The zero-order valence-electron chi connectivity index (χ0n) is 16.3. The molecule has 29 heavy (non-hydrogen) atoms. The normalized spacial score (nSPS) is 11.0. The molecule has 0 bridgehead atoms. The summed E-state index contributed by atoms with van der Waals surface area (Å²) in [6.07, 6.45) is -0.193. The van der Waals surface area contributed by atoms with Crippen molar-refractivity contribution in [2.45, 2.75) is 25.2 Å². The van der Waals surface area contributed by atoms with Crippen LogP contribution in [0.1, 0.15) is 18.9 Å². The summed E-state index contributed by atoms with van der Waals surface area (Å²) in [5.41, 5.74) is 1.48. The number of benzene rings is 2. The highest BCUT2D eigenvalue weighted by Crippen LogP contribution is 2.15. The summed E-state index contributed by atoms with van der Waals surface area (Å²) < 4.78 is 36.7. The van der Waals surface area contributed by atoms with Crippen LogP contribution in [-0.2, 0) is 24.3 Å². The molecule has 2 aromatic rings. The van der Waals surface area contributed by atoms with Crippen LogP contribution >= 0.6 is 0 Å². The first-order chi connectivity index (χ1) is 13.8. The molecule has 8 nitrogen and oxygen atoms in total. The van der Waals surface area contributed by atoms with Gasteiger partial charge in [0.15, 0.2) is 6.61 Å². The fraction of sp³-hybridized carbons (Fsp3) is 0.300. The molecule has 0 aliphatic heterocycles. The van der Waals surface area contributed by atoms with E-state index in [1.165, 1.54) is 12.1 Å². The molecule has 156 valence electrons. The number of ether oxygens (including phenoxy) is 2. The van der Waals surface area contributed by atoms with Crippen molar-refractivity contribution in [2.75, 3.05) is 25.1 Å². The molecule has 0 unspecified atom stereocenters. The van der Waals surface area contributed by atoms with Gasteiger partial charge in [-0.1, -0.05) is 17.7 Å². The predicted octanol–water partition coefficient (Wildman–Crippen LogP) is 2.24. The maximum atomic E-state index is 12.1. The van der Waals surface area contributed by atoms with Gasteiger partial charge in [-0.15, -0.1) is 0 Å². The Kier molecular flexibility index (Phi) is 8.17. The van der Waals surface area contributed by atoms with Gasteiger partial charge in [0.2, 0.25) is 10.0 Å². The molecule has 0 radical (unpaired) electrons. The van der Waals surface area contributed by atoms with Crippen molar-refractivity contribution >= 4 is 27.6 Å². The maximum absolute atomic E-state index is 12.1. The zero-order valence-corrected chi connectivity index (χ0v) is 17.1. The molecular formula is C20H24N2O6S. The second-order valence-electron chi connectivity index (χ2n) is 6.13. The van der Waals surface area contributed by atoms with E-state index in [0.29, 0.717) is 18.0 Å². The molecule has 0 fully saturated rings. The molecule has 0 atom stereocenters. The number of nitrogens with one attached hydrogen (secondary N) is 2. The SMILES string of the molecule is CCOc1ccc(NC(=O)COC(=O)CCNS(=O)(=O)c2ccc(C)cc2)cc1. The van der Waals surface area contributed by atoms with Crippen LogP contribution < -0.4 is 14.8 Å². The first kappa shape index (κ1) is 22.4. The number of hydrogen-bond donors (Lipinski definition) is 2. The molecule has 0 aliphatic rings. The molecular weight excluding hydrogens is 396 g/mol. The van der Waals surface area contributed by atoms with Crippen molar-refractivity contribution in [3.8, 4) is 5.75 Å². The van der Waals surface area contributed by atoms with Crippen LogP contribution in [-0.4, -0.2) is 40.1 Å². The summed E-state index contributed by atoms with van der Waals surface area (Å²) in [5.74, 6) is -0.494. The van der Waals surface area contributed by atoms with Crippen molar-refractivity contribution in [2.24, 2.45) is 0 Å². The molecule has 0 spiro atoms. The van der Waals surface area contributed by atoms with Crippen molar-refractivity contribution in [1.29, 1.82) is 0 Å². The summed E-state index contributed by atoms with van der Waals surface area (Å²) in [6.45, 7) is 3.68. The van der Waals surface area contributed by atoms with Gasteiger partial charge in [-0.3, -0.25) is 9.59 Å². The minimum absolute atomic E-state index is 0.117. The van der Waals surface area contributed by atoms with Crippen LogP contribution in [0.5, 0.6) is 5.75 Å². The standard InChI is InChI=1S/C20H24N2O6S/c1-3-27-17-8-6-16(7-9-17)22-19(23)14-28-20(24)12-13-21-29(25,26)18-10-4-15(2)5-11-18/h4-11,21H,3,12-14H2,1-2H3,(H,22,23). The van der Waals surface area contributed by atoms with E-state index in [9.17, 15) is 18.0 Å².